The quantitative estimate of drug-likeness (QED) is 0.824. The maximum absolute atomic E-state index is 11.8. The monoisotopic (exact) mass is 262 g/mol. The zero-order chi connectivity index (χ0) is 14.3. The van der Waals surface area contributed by atoms with Crippen molar-refractivity contribution in [2.24, 2.45) is 0 Å². The molecule has 2 amide bonds. The summed E-state index contributed by atoms with van der Waals surface area (Å²) < 4.78 is 0. The average molecular weight is 262 g/mol. The van der Waals surface area contributed by atoms with Crippen LogP contribution in [-0.4, -0.2) is 30.3 Å². The number of likely N-dealkylation sites (N-methyl/N-ethyl adjacent to an activating group) is 1. The molecule has 0 saturated carbocycles. The largest absolute Gasteiger partial charge is 0.344 e. The maximum Gasteiger partial charge on any atom is 0.311 e. The molecule has 1 N–H and O–H groups in total. The van der Waals surface area contributed by atoms with Crippen LogP contribution in [0.25, 0.3) is 0 Å². The zero-order valence-electron chi connectivity index (χ0n) is 11.9. The number of hydrogen-bond donors (Lipinski definition) is 1. The Kier molecular flexibility index (Phi) is 6.06. The molecule has 1 aromatic rings. The SMILES string of the molecule is CCCCN(C)C(=O)C(=O)NCc1ccccc1C. The lowest BCUT2D eigenvalue weighted by atomic mass is 10.1. The number of nitrogens with one attached hydrogen (secondary N) is 1. The minimum Gasteiger partial charge on any atom is -0.344 e. The summed E-state index contributed by atoms with van der Waals surface area (Å²) in [6, 6.07) is 7.80. The van der Waals surface area contributed by atoms with Crippen LogP contribution in [0.2, 0.25) is 0 Å². The van der Waals surface area contributed by atoms with Crippen LogP contribution < -0.4 is 5.32 Å². The number of aryl methyl sites for hydroxylation is 1. The van der Waals surface area contributed by atoms with E-state index in [0.29, 0.717) is 13.1 Å². The summed E-state index contributed by atoms with van der Waals surface area (Å²) in [6.45, 7) is 5.04. The van der Waals surface area contributed by atoms with E-state index in [1.165, 1.54) is 4.90 Å². The molecule has 1 aromatic carbocycles. The summed E-state index contributed by atoms with van der Waals surface area (Å²) in [5, 5.41) is 2.67. The fraction of sp³-hybridized carbons (Fsp3) is 0.467. The van der Waals surface area contributed by atoms with Crippen LogP contribution in [0.4, 0.5) is 0 Å². The van der Waals surface area contributed by atoms with Gasteiger partial charge in [-0.2, -0.15) is 0 Å². The highest BCUT2D eigenvalue weighted by atomic mass is 16.2. The van der Waals surface area contributed by atoms with E-state index in [1.54, 1.807) is 7.05 Å². The summed E-state index contributed by atoms with van der Waals surface area (Å²) >= 11 is 0. The fourth-order valence-corrected chi connectivity index (χ4v) is 1.73. The van der Waals surface area contributed by atoms with E-state index in [-0.39, 0.29) is 0 Å². The van der Waals surface area contributed by atoms with E-state index in [1.807, 2.05) is 31.2 Å². The van der Waals surface area contributed by atoms with E-state index in [4.69, 9.17) is 0 Å². The third kappa shape index (κ3) is 4.73. The summed E-state index contributed by atoms with van der Waals surface area (Å²) in [5.41, 5.74) is 2.13. The molecule has 0 aliphatic heterocycles. The van der Waals surface area contributed by atoms with Crippen molar-refractivity contribution in [1.82, 2.24) is 10.2 Å². The van der Waals surface area contributed by atoms with Gasteiger partial charge in [-0.05, 0) is 24.5 Å². The normalized spacial score (nSPS) is 10.1. The van der Waals surface area contributed by atoms with Gasteiger partial charge in [0.1, 0.15) is 0 Å². The number of hydrogen-bond acceptors (Lipinski definition) is 2. The number of carbonyl (C=O) groups is 2. The van der Waals surface area contributed by atoms with Crippen molar-refractivity contribution in [3.63, 3.8) is 0 Å². The Morgan fingerprint density at radius 2 is 1.95 bits per heavy atom. The topological polar surface area (TPSA) is 49.4 Å². The third-order valence-corrected chi connectivity index (χ3v) is 3.09. The van der Waals surface area contributed by atoms with E-state index in [2.05, 4.69) is 12.2 Å². The van der Waals surface area contributed by atoms with Gasteiger partial charge >= 0.3 is 11.8 Å². The highest BCUT2D eigenvalue weighted by Gasteiger charge is 2.17. The van der Waals surface area contributed by atoms with Crippen molar-refractivity contribution in [1.29, 1.82) is 0 Å². The first kappa shape index (κ1) is 15.2. The van der Waals surface area contributed by atoms with E-state index in [9.17, 15) is 9.59 Å². The predicted molar refractivity (Wildman–Crippen MR) is 75.6 cm³/mol. The lowest BCUT2D eigenvalue weighted by molar-refractivity contribution is -0.145. The first-order valence-corrected chi connectivity index (χ1v) is 6.64. The molecule has 104 valence electrons. The minimum absolute atomic E-state index is 0.388. The van der Waals surface area contributed by atoms with E-state index >= 15 is 0 Å². The Labute approximate surface area is 114 Å². The Hall–Kier alpha value is -1.84. The standard InChI is InChI=1S/C15H22N2O2/c1-4-5-10-17(3)15(19)14(18)16-11-13-9-7-6-8-12(13)2/h6-9H,4-5,10-11H2,1-3H3,(H,16,18). The van der Waals surface area contributed by atoms with Gasteiger partial charge in [0.2, 0.25) is 0 Å². The molecular weight excluding hydrogens is 240 g/mol. The van der Waals surface area contributed by atoms with Gasteiger partial charge in [0, 0.05) is 20.1 Å². The van der Waals surface area contributed by atoms with Crippen molar-refractivity contribution in [2.75, 3.05) is 13.6 Å². The number of carbonyl (C=O) groups excluding carboxylic acids is 2. The van der Waals surface area contributed by atoms with E-state index < -0.39 is 11.8 Å². The molecule has 4 heteroatoms. The van der Waals surface area contributed by atoms with Crippen LogP contribution in [0.3, 0.4) is 0 Å². The van der Waals surface area contributed by atoms with Crippen molar-refractivity contribution in [2.45, 2.75) is 33.2 Å². The van der Waals surface area contributed by atoms with Crippen molar-refractivity contribution in [3.8, 4) is 0 Å². The van der Waals surface area contributed by atoms with Gasteiger partial charge < -0.3 is 10.2 Å². The molecule has 0 aliphatic carbocycles. The Balaban J connectivity index is 2.47. The minimum atomic E-state index is -0.540. The average Bonchev–Trinajstić information content (AvgIpc) is 2.42. The molecular formula is C15H22N2O2. The van der Waals surface area contributed by atoms with Crippen LogP contribution in [0, 0.1) is 6.92 Å². The van der Waals surface area contributed by atoms with Crippen molar-refractivity contribution in [3.05, 3.63) is 35.4 Å². The van der Waals surface area contributed by atoms with Crippen molar-refractivity contribution >= 4 is 11.8 Å². The van der Waals surface area contributed by atoms with Gasteiger partial charge in [-0.3, -0.25) is 9.59 Å². The molecule has 19 heavy (non-hydrogen) atoms. The summed E-state index contributed by atoms with van der Waals surface area (Å²) in [7, 11) is 1.66. The molecule has 1 rings (SSSR count). The molecule has 4 nitrogen and oxygen atoms in total. The highest BCUT2D eigenvalue weighted by Crippen LogP contribution is 2.06. The van der Waals surface area contributed by atoms with Crippen LogP contribution >= 0.6 is 0 Å². The number of benzene rings is 1. The van der Waals surface area contributed by atoms with Gasteiger partial charge in [0.15, 0.2) is 0 Å². The number of amides is 2. The smallest absolute Gasteiger partial charge is 0.311 e. The highest BCUT2D eigenvalue weighted by molar-refractivity contribution is 6.34. The number of rotatable bonds is 5. The molecule has 0 saturated heterocycles. The second kappa shape index (κ2) is 7.56. The summed E-state index contributed by atoms with van der Waals surface area (Å²) in [6.07, 6.45) is 1.91. The molecule has 0 fully saturated rings. The molecule has 0 atom stereocenters. The van der Waals surface area contributed by atoms with E-state index in [0.717, 1.165) is 24.0 Å². The Bertz CT molecular complexity index is 444. The predicted octanol–water partition coefficient (Wildman–Crippen LogP) is 1.87. The molecule has 0 spiro atoms. The number of unbranched alkanes of at least 4 members (excludes halogenated alkanes) is 1. The second-order valence-electron chi connectivity index (χ2n) is 4.69. The lowest BCUT2D eigenvalue weighted by Gasteiger charge is -2.16. The first-order chi connectivity index (χ1) is 9.06. The molecule has 0 heterocycles. The summed E-state index contributed by atoms with van der Waals surface area (Å²) in [4.78, 5) is 25.0. The van der Waals surface area contributed by atoms with Gasteiger partial charge in [0.05, 0.1) is 0 Å². The van der Waals surface area contributed by atoms with Gasteiger partial charge in [-0.25, -0.2) is 0 Å². The maximum atomic E-state index is 11.8. The second-order valence-corrected chi connectivity index (χ2v) is 4.69. The third-order valence-electron chi connectivity index (χ3n) is 3.09. The fourth-order valence-electron chi connectivity index (χ4n) is 1.73. The van der Waals surface area contributed by atoms with Gasteiger partial charge in [-0.15, -0.1) is 0 Å². The van der Waals surface area contributed by atoms with Crippen molar-refractivity contribution < 1.29 is 9.59 Å². The van der Waals surface area contributed by atoms with Crippen LogP contribution in [0.1, 0.15) is 30.9 Å². The Morgan fingerprint density at radius 1 is 1.26 bits per heavy atom. The lowest BCUT2D eigenvalue weighted by Crippen LogP contribution is -2.41. The van der Waals surface area contributed by atoms with Crippen LogP contribution in [0.15, 0.2) is 24.3 Å². The Morgan fingerprint density at radius 3 is 2.58 bits per heavy atom. The van der Waals surface area contributed by atoms with Gasteiger partial charge in [-0.1, -0.05) is 37.6 Å². The van der Waals surface area contributed by atoms with Gasteiger partial charge in [0.25, 0.3) is 0 Å². The molecule has 0 aromatic heterocycles. The van der Waals surface area contributed by atoms with Crippen LogP contribution in [-0.2, 0) is 16.1 Å². The zero-order valence-corrected chi connectivity index (χ0v) is 11.9. The first-order valence-electron chi connectivity index (χ1n) is 6.64. The summed E-state index contributed by atoms with van der Waals surface area (Å²) in [5.74, 6) is -1.01. The molecule has 0 radical (unpaired) electrons. The number of nitrogens with zero attached hydrogens (tertiary/aromatic N) is 1. The molecule has 0 bridgehead atoms. The molecule has 0 unspecified atom stereocenters. The molecule has 0 aliphatic rings. The van der Waals surface area contributed by atoms with Crippen LogP contribution in [0.5, 0.6) is 0 Å².